The predicted molar refractivity (Wildman–Crippen MR) is 26.2 cm³/mol. The van der Waals surface area contributed by atoms with Gasteiger partial charge in [0.25, 0.3) is 0 Å². The zero-order valence-electron chi connectivity index (χ0n) is 4.27. The van der Waals surface area contributed by atoms with Crippen molar-refractivity contribution >= 4 is 6.41 Å². The van der Waals surface area contributed by atoms with Gasteiger partial charge in [-0.05, 0) is 0 Å². The van der Waals surface area contributed by atoms with Crippen molar-refractivity contribution < 1.29 is 4.79 Å². The van der Waals surface area contributed by atoms with E-state index in [1.54, 1.807) is 0 Å². The fourth-order valence-corrected chi connectivity index (χ4v) is 0. The van der Waals surface area contributed by atoms with Gasteiger partial charge in [-0.1, -0.05) is 20.3 Å². The van der Waals surface area contributed by atoms with Gasteiger partial charge in [0.2, 0.25) is 6.41 Å². The Hall–Kier alpha value is -0.530. The van der Waals surface area contributed by atoms with Gasteiger partial charge in [-0.15, -0.1) is 0 Å². The molecule has 0 saturated carbocycles. The van der Waals surface area contributed by atoms with Gasteiger partial charge in [0.1, 0.15) is 0 Å². The lowest BCUT2D eigenvalue weighted by atomic mass is 10.6. The lowest BCUT2D eigenvalue weighted by Gasteiger charge is -1.48. The van der Waals surface area contributed by atoms with Crippen molar-refractivity contribution in [3.8, 4) is 0 Å². The van der Waals surface area contributed by atoms with E-state index in [4.69, 9.17) is 4.79 Å². The number of rotatable bonds is 0. The molecule has 0 aliphatic rings. The first-order chi connectivity index (χ1) is 2.83. The molecule has 1 amide bonds. The normalized spacial score (nSPS) is 5.00. The molecule has 0 rings (SSSR count). The van der Waals surface area contributed by atoms with Crippen LogP contribution in [0.1, 0.15) is 20.3 Å². The molecule has 38 valence electrons. The number of hydrogen-bond donors (Lipinski definition) is 1. The SMILES string of the molecule is CCC.NC=O. The van der Waals surface area contributed by atoms with Crippen LogP contribution in [0.15, 0.2) is 0 Å². The van der Waals surface area contributed by atoms with E-state index in [1.807, 2.05) is 0 Å². The van der Waals surface area contributed by atoms with Crippen LogP contribution in [-0.4, -0.2) is 6.41 Å². The molecule has 0 spiro atoms. The number of primary amides is 1. The van der Waals surface area contributed by atoms with Gasteiger partial charge in [-0.3, -0.25) is 4.79 Å². The van der Waals surface area contributed by atoms with Gasteiger partial charge in [0, 0.05) is 0 Å². The summed E-state index contributed by atoms with van der Waals surface area (Å²) in [6, 6.07) is 0. The quantitative estimate of drug-likeness (QED) is 0.432. The van der Waals surface area contributed by atoms with Crippen LogP contribution in [0.4, 0.5) is 0 Å². The smallest absolute Gasteiger partial charge is 0.204 e. The van der Waals surface area contributed by atoms with Gasteiger partial charge < -0.3 is 5.73 Å². The minimum atomic E-state index is 0.250. The highest BCUT2D eigenvalue weighted by molar-refractivity contribution is 5.42. The minimum Gasteiger partial charge on any atom is -0.372 e. The largest absolute Gasteiger partial charge is 0.372 e. The minimum absolute atomic E-state index is 0.250. The topological polar surface area (TPSA) is 43.1 Å². The van der Waals surface area contributed by atoms with Crippen molar-refractivity contribution in [3.05, 3.63) is 0 Å². The molecule has 0 radical (unpaired) electrons. The van der Waals surface area contributed by atoms with E-state index in [0.717, 1.165) is 0 Å². The van der Waals surface area contributed by atoms with Gasteiger partial charge in [-0.2, -0.15) is 0 Å². The summed E-state index contributed by atoms with van der Waals surface area (Å²) >= 11 is 0. The summed E-state index contributed by atoms with van der Waals surface area (Å²) in [7, 11) is 0. The third kappa shape index (κ3) is 75.4. The van der Waals surface area contributed by atoms with Crippen molar-refractivity contribution in [1.82, 2.24) is 0 Å². The standard InChI is InChI=1S/C3H8.CH3NO/c1-3-2;2-1-3/h3H2,1-2H3;1H,(H2,2,3). The molecule has 2 nitrogen and oxygen atoms in total. The van der Waals surface area contributed by atoms with E-state index in [-0.39, 0.29) is 6.41 Å². The van der Waals surface area contributed by atoms with Crippen molar-refractivity contribution in [2.24, 2.45) is 5.73 Å². The molecule has 0 aromatic carbocycles. The molecule has 2 N–H and O–H groups in total. The summed E-state index contributed by atoms with van der Waals surface area (Å²) in [5.41, 5.74) is 4.17. The second-order valence-corrected chi connectivity index (χ2v) is 0.843. The average molecular weight is 89.1 g/mol. The predicted octanol–water partition coefficient (Wildman–Crippen LogP) is 0.518. The Morgan fingerprint density at radius 3 is 1.67 bits per heavy atom. The Labute approximate surface area is 38.3 Å². The third-order valence-corrected chi connectivity index (χ3v) is 0. The molecule has 0 aliphatic heterocycles. The van der Waals surface area contributed by atoms with E-state index < -0.39 is 0 Å². The highest BCUT2D eigenvalue weighted by Crippen LogP contribution is 1.56. The summed E-state index contributed by atoms with van der Waals surface area (Å²) in [5.74, 6) is 0. The highest BCUT2D eigenvalue weighted by Gasteiger charge is 1.35. The van der Waals surface area contributed by atoms with E-state index in [0.29, 0.717) is 0 Å². The molecule has 0 fully saturated rings. The van der Waals surface area contributed by atoms with Crippen LogP contribution in [0, 0.1) is 0 Å². The summed E-state index contributed by atoms with van der Waals surface area (Å²) < 4.78 is 0. The lowest BCUT2D eigenvalue weighted by molar-refractivity contribution is -0.106. The Balaban J connectivity index is 0. The summed E-state index contributed by atoms with van der Waals surface area (Å²) in [4.78, 5) is 8.58. The fourth-order valence-electron chi connectivity index (χ4n) is 0. The van der Waals surface area contributed by atoms with Crippen LogP contribution in [0.25, 0.3) is 0 Å². The fraction of sp³-hybridized carbons (Fsp3) is 0.750. The molecule has 2 heteroatoms. The van der Waals surface area contributed by atoms with Crippen molar-refractivity contribution in [2.75, 3.05) is 0 Å². The molecule has 0 heterocycles. The van der Waals surface area contributed by atoms with E-state index in [9.17, 15) is 0 Å². The summed E-state index contributed by atoms with van der Waals surface area (Å²) in [5, 5.41) is 0. The monoisotopic (exact) mass is 89.1 g/mol. The number of carbonyl (C=O) groups is 1. The molecular weight excluding hydrogens is 78.0 g/mol. The summed E-state index contributed by atoms with van der Waals surface area (Å²) in [6.45, 7) is 4.25. The number of nitrogens with two attached hydrogens (primary N) is 1. The second kappa shape index (κ2) is 24.9. The second-order valence-electron chi connectivity index (χ2n) is 0.843. The van der Waals surface area contributed by atoms with Crippen LogP contribution < -0.4 is 5.73 Å². The molecule has 0 atom stereocenters. The van der Waals surface area contributed by atoms with Gasteiger partial charge >= 0.3 is 0 Å². The molecule has 0 aliphatic carbocycles. The van der Waals surface area contributed by atoms with Crippen molar-refractivity contribution in [3.63, 3.8) is 0 Å². The van der Waals surface area contributed by atoms with Crippen LogP contribution in [0.3, 0.4) is 0 Å². The molecule has 0 unspecified atom stereocenters. The first-order valence-electron chi connectivity index (χ1n) is 1.98. The maximum Gasteiger partial charge on any atom is 0.204 e. The van der Waals surface area contributed by atoms with Crippen LogP contribution in [0.2, 0.25) is 0 Å². The Morgan fingerprint density at radius 1 is 1.67 bits per heavy atom. The van der Waals surface area contributed by atoms with Crippen molar-refractivity contribution in [2.45, 2.75) is 20.3 Å². The van der Waals surface area contributed by atoms with Crippen molar-refractivity contribution in [1.29, 1.82) is 0 Å². The number of amides is 1. The summed E-state index contributed by atoms with van der Waals surface area (Å²) in [6.07, 6.45) is 1.50. The molecule has 0 aromatic heterocycles. The lowest BCUT2D eigenvalue weighted by Crippen LogP contribution is -1.82. The molecule has 0 bridgehead atoms. The van der Waals surface area contributed by atoms with Crippen LogP contribution in [0.5, 0.6) is 0 Å². The third-order valence-electron chi connectivity index (χ3n) is 0. The average Bonchev–Trinajstić information content (AvgIpc) is 1.39. The van der Waals surface area contributed by atoms with E-state index in [1.165, 1.54) is 6.42 Å². The maximum absolute atomic E-state index is 8.58. The maximum atomic E-state index is 8.58. The van der Waals surface area contributed by atoms with Gasteiger partial charge in [0.15, 0.2) is 0 Å². The molecule has 0 aromatic rings. The van der Waals surface area contributed by atoms with Gasteiger partial charge in [-0.25, -0.2) is 0 Å². The number of hydrogen-bond acceptors (Lipinski definition) is 1. The van der Waals surface area contributed by atoms with Crippen LogP contribution >= 0.6 is 0 Å². The van der Waals surface area contributed by atoms with E-state index in [2.05, 4.69) is 19.6 Å². The first kappa shape index (κ1) is 9.08. The van der Waals surface area contributed by atoms with Gasteiger partial charge in [0.05, 0.1) is 0 Å². The molecule has 0 saturated heterocycles. The van der Waals surface area contributed by atoms with Crippen LogP contribution in [-0.2, 0) is 4.79 Å². The highest BCUT2D eigenvalue weighted by atomic mass is 16.1. The number of carbonyl (C=O) groups excluding carboxylic acids is 1. The zero-order chi connectivity index (χ0) is 5.41. The Morgan fingerprint density at radius 2 is 1.67 bits per heavy atom. The van der Waals surface area contributed by atoms with E-state index >= 15 is 0 Å². The Kier molecular flexibility index (Phi) is 37.7. The first-order valence-corrected chi connectivity index (χ1v) is 1.98. The zero-order valence-corrected chi connectivity index (χ0v) is 4.27. The molecular formula is C4H11NO. The molecule has 6 heavy (non-hydrogen) atoms. The Bertz CT molecular complexity index is 21.5.